The molecule has 176 valence electrons. The molecule has 1 saturated heterocycles. The number of hydrogen-bond acceptors (Lipinski definition) is 6. The summed E-state index contributed by atoms with van der Waals surface area (Å²) in [7, 11) is 0. The summed E-state index contributed by atoms with van der Waals surface area (Å²) < 4.78 is 0. The van der Waals surface area contributed by atoms with Gasteiger partial charge in [-0.15, -0.1) is 10.2 Å². The van der Waals surface area contributed by atoms with Gasteiger partial charge in [-0.05, 0) is 50.1 Å². The van der Waals surface area contributed by atoms with E-state index in [1.54, 1.807) is 24.3 Å². The number of phenols is 1. The van der Waals surface area contributed by atoms with Crippen LogP contribution in [0.3, 0.4) is 0 Å². The van der Waals surface area contributed by atoms with E-state index in [1.165, 1.54) is 12.5 Å². The number of amidine groups is 1. The molecule has 7 nitrogen and oxygen atoms in total. The Labute approximate surface area is 193 Å². The maximum absolute atomic E-state index is 10.4. The van der Waals surface area contributed by atoms with E-state index in [0.717, 1.165) is 38.1 Å². The lowest BCUT2D eigenvalue weighted by molar-refractivity contribution is 0.449. The van der Waals surface area contributed by atoms with Crippen molar-refractivity contribution in [1.29, 1.82) is 5.41 Å². The van der Waals surface area contributed by atoms with E-state index in [2.05, 4.69) is 54.7 Å². The highest BCUT2D eigenvalue weighted by Crippen LogP contribution is 2.23. The maximum atomic E-state index is 10.4. The number of hydrogen-bond donors (Lipinski definition) is 4. The Balaban J connectivity index is 0.00000161. The topological polar surface area (TPSA) is 110 Å². The fourth-order valence-electron chi connectivity index (χ4n) is 3.13. The second kappa shape index (κ2) is 14.2. The Hall–Kier alpha value is -2.93. The number of nitrogens with zero attached hydrogens (tertiary/aromatic N) is 3. The van der Waals surface area contributed by atoms with Gasteiger partial charge in [-0.2, -0.15) is 0 Å². The van der Waals surface area contributed by atoms with Crippen LogP contribution in [0.1, 0.15) is 58.6 Å². The maximum Gasteiger partial charge on any atom is 0.125 e. The monoisotopic (exact) mass is 440 g/mol. The van der Waals surface area contributed by atoms with Gasteiger partial charge in [-0.25, -0.2) is 0 Å². The van der Waals surface area contributed by atoms with Gasteiger partial charge in [0.15, 0.2) is 0 Å². The van der Waals surface area contributed by atoms with Crippen LogP contribution in [0.25, 0.3) is 5.70 Å². The molecule has 0 saturated carbocycles. The van der Waals surface area contributed by atoms with Gasteiger partial charge >= 0.3 is 0 Å². The van der Waals surface area contributed by atoms with Gasteiger partial charge in [0.05, 0.1) is 5.71 Å². The molecule has 32 heavy (non-hydrogen) atoms. The molecule has 1 aliphatic rings. The largest absolute Gasteiger partial charge is 0.507 e. The standard InChI is InChI=1S/C22H32N6O.C3H8/c1-5-21(19-7-6-17(12-22(19)29)20(24)8-10-23)27-26-16(4)28-11-9-18(14-28)25-13-15(2)3;1-3-2/h5-8,10,12,15,18,23,25,29H,1,9,11,13-14,24H2,2-4H3;3H2,1-2H3/b20-8-,23-10?,26-16+,27-21+;. The van der Waals surface area contributed by atoms with Crippen LogP contribution in [0, 0.1) is 11.3 Å². The van der Waals surface area contributed by atoms with E-state index in [9.17, 15) is 5.11 Å². The number of benzene rings is 1. The molecular weight excluding hydrogens is 400 g/mol. The molecule has 0 aromatic heterocycles. The fourth-order valence-corrected chi connectivity index (χ4v) is 3.13. The smallest absolute Gasteiger partial charge is 0.125 e. The summed E-state index contributed by atoms with van der Waals surface area (Å²) in [6.07, 6.45) is 6.48. The lowest BCUT2D eigenvalue weighted by atomic mass is 10.0. The third-order valence-corrected chi connectivity index (χ3v) is 4.83. The predicted molar refractivity (Wildman–Crippen MR) is 138 cm³/mol. The van der Waals surface area contributed by atoms with E-state index < -0.39 is 0 Å². The number of nitrogens with one attached hydrogen (secondary N) is 2. The van der Waals surface area contributed by atoms with Gasteiger partial charge in [-0.3, -0.25) is 0 Å². The lowest BCUT2D eigenvalue weighted by Gasteiger charge is -2.18. The van der Waals surface area contributed by atoms with Crippen molar-refractivity contribution in [3.8, 4) is 5.75 Å². The van der Waals surface area contributed by atoms with Gasteiger partial charge < -0.3 is 26.5 Å². The van der Waals surface area contributed by atoms with Gasteiger partial charge in [0, 0.05) is 42.2 Å². The first-order chi connectivity index (χ1) is 15.3. The Morgan fingerprint density at radius 3 is 2.62 bits per heavy atom. The van der Waals surface area contributed by atoms with Crippen LogP contribution in [0.4, 0.5) is 0 Å². The van der Waals surface area contributed by atoms with Crippen molar-refractivity contribution in [3.63, 3.8) is 0 Å². The summed E-state index contributed by atoms with van der Waals surface area (Å²) in [5.41, 5.74) is 7.92. The first-order valence-electron chi connectivity index (χ1n) is 11.3. The van der Waals surface area contributed by atoms with Crippen LogP contribution in [-0.4, -0.2) is 53.4 Å². The zero-order valence-corrected chi connectivity index (χ0v) is 20.2. The second-order valence-electron chi connectivity index (χ2n) is 8.30. The number of nitrogens with two attached hydrogens (primary N) is 1. The van der Waals surface area contributed by atoms with E-state index >= 15 is 0 Å². The highest BCUT2D eigenvalue weighted by atomic mass is 16.3. The summed E-state index contributed by atoms with van der Waals surface area (Å²) in [6.45, 7) is 17.3. The van der Waals surface area contributed by atoms with Crippen LogP contribution in [0.2, 0.25) is 0 Å². The molecule has 0 aliphatic carbocycles. The first-order valence-corrected chi connectivity index (χ1v) is 11.3. The van der Waals surface area contributed by atoms with E-state index in [0.29, 0.717) is 34.5 Å². The Morgan fingerprint density at radius 1 is 1.38 bits per heavy atom. The number of rotatable bonds is 8. The van der Waals surface area contributed by atoms with Crippen molar-refractivity contribution in [1.82, 2.24) is 10.2 Å². The van der Waals surface area contributed by atoms with Crippen molar-refractivity contribution in [2.24, 2.45) is 21.9 Å². The molecule has 1 aromatic carbocycles. The van der Waals surface area contributed by atoms with Gasteiger partial charge in [0.1, 0.15) is 11.6 Å². The Morgan fingerprint density at radius 2 is 2.06 bits per heavy atom. The Bertz CT molecular complexity index is 841. The van der Waals surface area contributed by atoms with E-state index in [4.69, 9.17) is 11.1 Å². The third kappa shape index (κ3) is 8.67. The van der Waals surface area contributed by atoms with Crippen LogP contribution >= 0.6 is 0 Å². The summed E-state index contributed by atoms with van der Waals surface area (Å²) >= 11 is 0. The van der Waals surface area contributed by atoms with E-state index in [-0.39, 0.29) is 5.75 Å². The van der Waals surface area contributed by atoms with Crippen molar-refractivity contribution < 1.29 is 5.11 Å². The average molecular weight is 441 g/mol. The average Bonchev–Trinajstić information content (AvgIpc) is 3.23. The SMILES string of the molecule is C=C/C(=N\N=C(/C)N1CCC(NCC(C)C)C1)c1ccc(/C(N)=C/C=N)cc1O.CCC. The minimum atomic E-state index is 0.0365. The molecule has 0 amide bonds. The zero-order valence-electron chi connectivity index (χ0n) is 20.2. The third-order valence-electron chi connectivity index (χ3n) is 4.83. The molecule has 2 rings (SSSR count). The fraction of sp³-hybridized carbons (Fsp3) is 0.480. The molecule has 0 spiro atoms. The molecule has 0 bridgehead atoms. The number of phenolic OH excluding ortho intramolecular Hbond substituents is 1. The zero-order chi connectivity index (χ0) is 24.1. The second-order valence-corrected chi connectivity index (χ2v) is 8.30. The summed E-state index contributed by atoms with van der Waals surface area (Å²) in [6, 6.07) is 5.51. The highest BCUT2D eigenvalue weighted by molar-refractivity contribution is 6.10. The molecule has 0 radical (unpaired) electrons. The molecular formula is C25H40N6O. The van der Waals surface area contributed by atoms with Gasteiger partial charge in [-0.1, -0.05) is 46.8 Å². The summed E-state index contributed by atoms with van der Waals surface area (Å²) in [5, 5.41) is 29.8. The first kappa shape index (κ1) is 27.1. The van der Waals surface area contributed by atoms with Crippen LogP contribution < -0.4 is 11.1 Å². The quantitative estimate of drug-likeness (QED) is 0.273. The molecule has 1 heterocycles. The molecule has 1 fully saturated rings. The van der Waals surface area contributed by atoms with Crippen molar-refractivity contribution in [2.75, 3.05) is 19.6 Å². The van der Waals surface area contributed by atoms with Crippen molar-refractivity contribution in [2.45, 2.75) is 53.5 Å². The number of aromatic hydroxyl groups is 1. The summed E-state index contributed by atoms with van der Waals surface area (Å²) in [5.74, 6) is 1.51. The molecule has 1 atom stereocenters. The van der Waals surface area contributed by atoms with Crippen LogP contribution in [0.5, 0.6) is 5.75 Å². The van der Waals surface area contributed by atoms with Crippen molar-refractivity contribution >= 4 is 23.5 Å². The van der Waals surface area contributed by atoms with E-state index in [1.807, 2.05) is 6.92 Å². The number of likely N-dealkylation sites (tertiary alicyclic amines) is 1. The van der Waals surface area contributed by atoms with Gasteiger partial charge in [0.2, 0.25) is 0 Å². The minimum absolute atomic E-state index is 0.0365. The molecule has 1 aromatic rings. The number of allylic oxidation sites excluding steroid dienone is 2. The molecule has 1 unspecified atom stereocenters. The molecule has 7 heteroatoms. The normalized spacial score (nSPS) is 17.2. The van der Waals surface area contributed by atoms with Crippen LogP contribution in [0.15, 0.2) is 47.1 Å². The molecule has 5 N–H and O–H groups in total. The minimum Gasteiger partial charge on any atom is -0.507 e. The summed E-state index contributed by atoms with van der Waals surface area (Å²) in [4.78, 5) is 2.22. The molecule has 1 aliphatic heterocycles. The Kier molecular flexibility index (Phi) is 12.0. The lowest BCUT2D eigenvalue weighted by Crippen LogP contribution is -2.36. The predicted octanol–water partition coefficient (Wildman–Crippen LogP) is 4.39. The highest BCUT2D eigenvalue weighted by Gasteiger charge is 2.23. The van der Waals surface area contributed by atoms with Crippen molar-refractivity contribution in [3.05, 3.63) is 48.1 Å². The van der Waals surface area contributed by atoms with Gasteiger partial charge in [0.25, 0.3) is 0 Å². The van der Waals surface area contributed by atoms with Crippen LogP contribution in [-0.2, 0) is 0 Å².